The fraction of sp³-hybridized carbons (Fsp3) is 0.667. The van der Waals surface area contributed by atoms with E-state index in [0.29, 0.717) is 0 Å². The van der Waals surface area contributed by atoms with E-state index in [-0.39, 0.29) is 27.3 Å². The Morgan fingerprint density at radius 1 is 0.483 bits per heavy atom. The Hall–Kier alpha value is -1.52. The van der Waals surface area contributed by atoms with Crippen molar-refractivity contribution in [2.75, 3.05) is 26.4 Å². The summed E-state index contributed by atoms with van der Waals surface area (Å²) >= 11 is 0. The molecule has 0 aliphatic rings. The number of hydrogen-bond donors (Lipinski definition) is 8. The van der Waals surface area contributed by atoms with Crippen molar-refractivity contribution < 1.29 is 80.5 Å². The van der Waals surface area contributed by atoms with Gasteiger partial charge in [0.1, 0.15) is 24.4 Å². The number of hydrogen-bond acceptors (Lipinski definition) is 16. The Morgan fingerprint density at radius 3 is 0.586 bits per heavy atom. The molecule has 0 spiro atoms. The second-order valence-electron chi connectivity index (χ2n) is 4.07. The van der Waals surface area contributed by atoms with Crippen LogP contribution < -0.4 is 20.4 Å². The zero-order chi connectivity index (χ0) is 23.4. The fourth-order valence-corrected chi connectivity index (χ4v) is 0.298. The third kappa shape index (κ3) is 31.4. The minimum absolute atomic E-state index is 0. The van der Waals surface area contributed by atoms with Gasteiger partial charge in [-0.05, 0) is 0 Å². The van der Waals surface area contributed by atoms with Gasteiger partial charge in [0.2, 0.25) is 0 Å². The van der Waals surface area contributed by atoms with Crippen LogP contribution in [0.5, 0.6) is 0 Å². The predicted molar refractivity (Wildman–Crippen MR) is 78.2 cm³/mol. The van der Waals surface area contributed by atoms with Crippen LogP contribution in [0.2, 0.25) is 0 Å². The Labute approximate surface area is 182 Å². The third-order valence-corrected chi connectivity index (χ3v) is 1.78. The van der Waals surface area contributed by atoms with Gasteiger partial charge in [0.25, 0.3) is 0 Å². The summed E-state index contributed by atoms with van der Waals surface area (Å²) in [6.45, 7) is -3.16. The molecule has 0 bridgehead atoms. The van der Waals surface area contributed by atoms with Gasteiger partial charge in [-0.15, -0.1) is 0 Å². The number of aliphatic carboxylic acids is 4. The van der Waals surface area contributed by atoms with Gasteiger partial charge < -0.3 is 80.5 Å². The number of rotatable bonds is 8. The first-order chi connectivity index (χ1) is 12.7. The van der Waals surface area contributed by atoms with Crippen LogP contribution in [-0.2, 0) is 19.2 Å². The maximum Gasteiger partial charge on any atom is 0.116 e. The first-order valence-electron chi connectivity index (χ1n) is 6.72. The molecule has 0 aromatic rings. The number of aliphatic hydroxyl groups excluding tert-OH is 8. The zero-order valence-electron chi connectivity index (χ0n) is 14.5. The molecule has 172 valence electrons. The third-order valence-electron chi connectivity index (χ3n) is 1.78. The second-order valence-corrected chi connectivity index (χ2v) is 4.07. The van der Waals surface area contributed by atoms with Crippen molar-refractivity contribution in [3.63, 3.8) is 0 Å². The SMILES string of the molecule is O=C([O-])C(O)CO.O=C([O-])C(O)CO.O=C([O-])C(O)CO.O=C([O-])C(O)CO.[Pb]. The molecule has 0 aromatic carbocycles. The molecule has 16 nitrogen and oxygen atoms in total. The molecule has 0 heterocycles. The maximum atomic E-state index is 9.41. The molecule has 4 radical (unpaired) electrons. The zero-order valence-corrected chi connectivity index (χ0v) is 18.4. The molecule has 17 heteroatoms. The summed E-state index contributed by atoms with van der Waals surface area (Å²) in [7, 11) is 0. The van der Waals surface area contributed by atoms with Gasteiger partial charge in [-0.3, -0.25) is 0 Å². The van der Waals surface area contributed by atoms with Gasteiger partial charge in [0.15, 0.2) is 0 Å². The van der Waals surface area contributed by atoms with Crippen LogP contribution in [-0.4, -0.2) is 143 Å². The number of aliphatic hydroxyl groups is 8. The van der Waals surface area contributed by atoms with Crippen molar-refractivity contribution in [2.24, 2.45) is 0 Å². The van der Waals surface area contributed by atoms with E-state index in [0.717, 1.165) is 0 Å². The Morgan fingerprint density at radius 2 is 0.586 bits per heavy atom. The number of carboxylic acids is 4. The molecule has 4 atom stereocenters. The maximum absolute atomic E-state index is 9.41. The molecule has 29 heavy (non-hydrogen) atoms. The molecular formula is C12H20O16Pb-4. The first-order valence-corrected chi connectivity index (χ1v) is 6.72. The largest absolute Gasteiger partial charge is 0.547 e. The standard InChI is InChI=1S/4C3H6O4.Pb/c4*4-1-2(5)3(6)7;/h4*2,4-5H,1H2,(H,6,7);/p-4. The van der Waals surface area contributed by atoms with E-state index < -0.39 is 74.7 Å². The van der Waals surface area contributed by atoms with E-state index in [1.165, 1.54) is 0 Å². The molecule has 0 aromatic heterocycles. The average molecular weight is 627 g/mol. The van der Waals surface area contributed by atoms with E-state index in [2.05, 4.69) is 0 Å². The van der Waals surface area contributed by atoms with Crippen molar-refractivity contribution in [3.8, 4) is 0 Å². The minimum Gasteiger partial charge on any atom is -0.547 e. The van der Waals surface area contributed by atoms with Gasteiger partial charge in [-0.1, -0.05) is 0 Å². The molecule has 4 unspecified atom stereocenters. The van der Waals surface area contributed by atoms with Crippen molar-refractivity contribution in [2.45, 2.75) is 24.4 Å². The summed E-state index contributed by atoms with van der Waals surface area (Å²) in [4.78, 5) is 37.6. The number of carbonyl (C=O) groups excluding carboxylic acids is 4. The topological polar surface area (TPSA) is 322 Å². The smallest absolute Gasteiger partial charge is 0.116 e. The Balaban J connectivity index is -0.0000000873. The van der Waals surface area contributed by atoms with E-state index >= 15 is 0 Å². The molecule has 0 aliphatic carbocycles. The fourth-order valence-electron chi connectivity index (χ4n) is 0.298. The average Bonchev–Trinajstić information content (AvgIpc) is 2.66. The molecule has 0 amide bonds. The summed E-state index contributed by atoms with van der Waals surface area (Å²) < 4.78 is 0. The van der Waals surface area contributed by atoms with E-state index in [9.17, 15) is 39.6 Å². The van der Waals surface area contributed by atoms with Crippen LogP contribution in [0.1, 0.15) is 0 Å². The second kappa shape index (κ2) is 24.5. The molecule has 0 saturated heterocycles. The van der Waals surface area contributed by atoms with E-state index in [1.807, 2.05) is 0 Å². The predicted octanol–water partition coefficient (Wildman–Crippen LogP) is -12.0. The molecule has 0 rings (SSSR count). The van der Waals surface area contributed by atoms with Gasteiger partial charge >= 0.3 is 0 Å². The summed E-state index contributed by atoms with van der Waals surface area (Å²) in [5, 5.41) is 101. The minimum atomic E-state index is -1.74. The number of carbonyl (C=O) groups is 4. The summed E-state index contributed by atoms with van der Waals surface area (Å²) in [5.41, 5.74) is 0. The molecule has 0 aliphatic heterocycles. The van der Waals surface area contributed by atoms with Crippen LogP contribution in [0.3, 0.4) is 0 Å². The van der Waals surface area contributed by atoms with Gasteiger partial charge in [-0.2, -0.15) is 0 Å². The number of carboxylic acid groups (broad SMARTS) is 4. The van der Waals surface area contributed by atoms with Crippen molar-refractivity contribution in [1.82, 2.24) is 0 Å². The van der Waals surface area contributed by atoms with Crippen LogP contribution in [0, 0.1) is 0 Å². The summed E-state index contributed by atoms with van der Waals surface area (Å²) in [6.07, 6.45) is -6.94. The first kappa shape index (κ1) is 38.1. The quantitative estimate of drug-likeness (QED) is 0.116. The van der Waals surface area contributed by atoms with E-state index in [1.54, 1.807) is 0 Å². The molecule has 0 fully saturated rings. The van der Waals surface area contributed by atoms with E-state index in [4.69, 9.17) is 40.9 Å². The van der Waals surface area contributed by atoms with Crippen molar-refractivity contribution in [1.29, 1.82) is 0 Å². The normalized spacial score (nSPS) is 13.0. The summed E-state index contributed by atoms with van der Waals surface area (Å²) in [6, 6.07) is 0. The molecule has 0 saturated carbocycles. The van der Waals surface area contributed by atoms with Crippen LogP contribution in [0.4, 0.5) is 0 Å². The van der Waals surface area contributed by atoms with Crippen molar-refractivity contribution in [3.05, 3.63) is 0 Å². The monoisotopic (exact) mass is 628 g/mol. The van der Waals surface area contributed by atoms with Crippen LogP contribution in [0.15, 0.2) is 0 Å². The Kier molecular flexibility index (Phi) is 32.2. The van der Waals surface area contributed by atoms with Gasteiger partial charge in [0, 0.05) is 27.3 Å². The van der Waals surface area contributed by atoms with Gasteiger partial charge in [-0.25, -0.2) is 0 Å². The van der Waals surface area contributed by atoms with Crippen LogP contribution in [0.25, 0.3) is 0 Å². The van der Waals surface area contributed by atoms with Crippen LogP contribution >= 0.6 is 0 Å². The summed E-state index contributed by atoms with van der Waals surface area (Å²) in [5.74, 6) is -6.60. The van der Waals surface area contributed by atoms with Gasteiger partial charge in [0.05, 0.1) is 50.3 Å². The molecular weight excluding hydrogens is 607 g/mol. The Bertz CT molecular complexity index is 364. The van der Waals surface area contributed by atoms with Crippen molar-refractivity contribution >= 4 is 51.2 Å². The molecule has 8 N–H and O–H groups in total.